The Morgan fingerprint density at radius 2 is 1.85 bits per heavy atom. The second-order valence-electron chi connectivity index (χ2n) is 7.39. The van der Waals surface area contributed by atoms with Gasteiger partial charge in [-0.3, -0.25) is 15.0 Å². The number of carbonyl (C=O) groups excluding carboxylic acids is 1. The fourth-order valence-electron chi connectivity index (χ4n) is 3.65. The van der Waals surface area contributed by atoms with E-state index in [-0.39, 0.29) is 17.4 Å². The zero-order valence-electron chi connectivity index (χ0n) is 15.1. The number of fused-ring (bicyclic) bond motifs is 2. The third kappa shape index (κ3) is 2.35. The van der Waals surface area contributed by atoms with Gasteiger partial charge in [-0.15, -0.1) is 0 Å². The van der Waals surface area contributed by atoms with Crippen molar-refractivity contribution in [3.63, 3.8) is 0 Å². The standard InChI is InChI=1S/C21H21N3O2/c1-13(2)18-22-17-11-7-5-9-15(17)19(25)24(18)23-20(26)21(3)12-14-8-4-6-10-16(14)21/h4-11,13H,12H2,1-3H3,(H,23,26). The summed E-state index contributed by atoms with van der Waals surface area (Å²) >= 11 is 0. The van der Waals surface area contributed by atoms with Crippen LogP contribution in [0.2, 0.25) is 0 Å². The molecule has 1 aromatic heterocycles. The number of carbonyl (C=O) groups is 1. The molecular weight excluding hydrogens is 326 g/mol. The van der Waals surface area contributed by atoms with Gasteiger partial charge in [0.2, 0.25) is 5.91 Å². The number of aromatic nitrogens is 2. The van der Waals surface area contributed by atoms with Gasteiger partial charge in [-0.25, -0.2) is 9.66 Å². The molecule has 1 atom stereocenters. The molecular formula is C21H21N3O2. The Kier molecular flexibility index (Phi) is 3.68. The molecule has 0 radical (unpaired) electrons. The molecule has 132 valence electrons. The summed E-state index contributed by atoms with van der Waals surface area (Å²) in [5.74, 6) is 0.365. The molecule has 2 aromatic carbocycles. The van der Waals surface area contributed by atoms with Crippen LogP contribution in [0.25, 0.3) is 10.9 Å². The molecule has 5 heteroatoms. The van der Waals surface area contributed by atoms with Crippen molar-refractivity contribution in [2.24, 2.45) is 0 Å². The first kappa shape index (κ1) is 16.5. The van der Waals surface area contributed by atoms with Gasteiger partial charge in [-0.2, -0.15) is 0 Å². The molecule has 4 rings (SSSR count). The molecule has 1 unspecified atom stereocenters. The van der Waals surface area contributed by atoms with Crippen LogP contribution in [-0.2, 0) is 16.6 Å². The molecule has 3 aromatic rings. The number of rotatable bonds is 3. The summed E-state index contributed by atoms with van der Waals surface area (Å²) in [4.78, 5) is 30.6. The molecule has 0 saturated carbocycles. The van der Waals surface area contributed by atoms with E-state index in [4.69, 9.17) is 0 Å². The second kappa shape index (κ2) is 5.80. The Hall–Kier alpha value is -2.95. The van der Waals surface area contributed by atoms with E-state index in [0.717, 1.165) is 5.56 Å². The lowest BCUT2D eigenvalue weighted by Gasteiger charge is -2.39. The third-order valence-corrected chi connectivity index (χ3v) is 5.19. The van der Waals surface area contributed by atoms with Gasteiger partial charge in [0.05, 0.1) is 16.3 Å². The largest absolute Gasteiger partial charge is 0.280 e. The number of nitrogens with one attached hydrogen (secondary N) is 1. The number of benzene rings is 2. The predicted molar refractivity (Wildman–Crippen MR) is 102 cm³/mol. The minimum absolute atomic E-state index is 0.00547. The zero-order valence-corrected chi connectivity index (χ0v) is 15.1. The average molecular weight is 347 g/mol. The minimum Gasteiger partial charge on any atom is -0.272 e. The summed E-state index contributed by atoms with van der Waals surface area (Å²) < 4.78 is 1.32. The van der Waals surface area contributed by atoms with E-state index >= 15 is 0 Å². The SMILES string of the molecule is CC(C)c1nc2ccccc2c(=O)n1NC(=O)C1(C)Cc2ccccc21. The highest BCUT2D eigenvalue weighted by atomic mass is 16.2. The molecule has 1 N–H and O–H groups in total. The monoisotopic (exact) mass is 347 g/mol. The van der Waals surface area contributed by atoms with E-state index in [1.165, 1.54) is 10.2 Å². The normalized spacial score (nSPS) is 18.5. The highest BCUT2D eigenvalue weighted by Crippen LogP contribution is 2.41. The van der Waals surface area contributed by atoms with Crippen molar-refractivity contribution >= 4 is 16.8 Å². The maximum Gasteiger partial charge on any atom is 0.280 e. The molecule has 0 aliphatic heterocycles. The lowest BCUT2D eigenvalue weighted by molar-refractivity contribution is -0.122. The van der Waals surface area contributed by atoms with Crippen LogP contribution in [0, 0.1) is 0 Å². The van der Waals surface area contributed by atoms with Crippen LogP contribution in [-0.4, -0.2) is 15.6 Å². The molecule has 0 fully saturated rings. The molecule has 0 spiro atoms. The van der Waals surface area contributed by atoms with E-state index < -0.39 is 5.41 Å². The summed E-state index contributed by atoms with van der Waals surface area (Å²) in [5.41, 5.74) is 4.81. The van der Waals surface area contributed by atoms with Crippen LogP contribution in [0.15, 0.2) is 53.3 Å². The summed E-state index contributed by atoms with van der Waals surface area (Å²) in [6, 6.07) is 15.1. The number of amides is 1. The van der Waals surface area contributed by atoms with Crippen molar-refractivity contribution in [1.29, 1.82) is 0 Å². The molecule has 0 bridgehead atoms. The Morgan fingerprint density at radius 3 is 2.58 bits per heavy atom. The van der Waals surface area contributed by atoms with Gasteiger partial charge in [0.1, 0.15) is 5.82 Å². The van der Waals surface area contributed by atoms with Gasteiger partial charge in [-0.05, 0) is 36.6 Å². The summed E-state index contributed by atoms with van der Waals surface area (Å²) in [7, 11) is 0. The number of hydrogen-bond acceptors (Lipinski definition) is 3. The van der Waals surface area contributed by atoms with Gasteiger partial charge in [0.25, 0.3) is 5.56 Å². The summed E-state index contributed by atoms with van der Waals surface area (Å²) in [5, 5.41) is 0.497. The van der Waals surface area contributed by atoms with E-state index in [1.54, 1.807) is 12.1 Å². The number of hydrogen-bond donors (Lipinski definition) is 1. The highest BCUT2D eigenvalue weighted by Gasteiger charge is 2.45. The molecule has 1 amide bonds. The molecule has 1 aliphatic carbocycles. The second-order valence-corrected chi connectivity index (χ2v) is 7.39. The highest BCUT2D eigenvalue weighted by molar-refractivity contribution is 5.96. The Labute approximate surface area is 151 Å². The minimum atomic E-state index is -0.629. The van der Waals surface area contributed by atoms with Crippen molar-refractivity contribution in [2.45, 2.75) is 38.5 Å². The fourth-order valence-corrected chi connectivity index (χ4v) is 3.65. The quantitative estimate of drug-likeness (QED) is 0.792. The van der Waals surface area contributed by atoms with Crippen molar-refractivity contribution in [2.75, 3.05) is 5.43 Å². The summed E-state index contributed by atoms with van der Waals surface area (Å²) in [6.45, 7) is 5.83. The maximum atomic E-state index is 13.0. The van der Waals surface area contributed by atoms with Gasteiger partial charge in [-0.1, -0.05) is 50.2 Å². The van der Waals surface area contributed by atoms with Gasteiger partial charge in [0, 0.05) is 5.92 Å². The lowest BCUT2D eigenvalue weighted by Crippen LogP contribution is -2.51. The first-order chi connectivity index (χ1) is 12.4. The van der Waals surface area contributed by atoms with Crippen molar-refractivity contribution in [3.8, 4) is 0 Å². The van der Waals surface area contributed by atoms with E-state index in [9.17, 15) is 9.59 Å². The lowest BCUT2D eigenvalue weighted by atomic mass is 9.65. The van der Waals surface area contributed by atoms with Crippen molar-refractivity contribution in [3.05, 3.63) is 75.8 Å². The van der Waals surface area contributed by atoms with E-state index in [1.807, 2.05) is 57.2 Å². The number of para-hydroxylation sites is 1. The van der Waals surface area contributed by atoms with Crippen molar-refractivity contribution < 1.29 is 4.79 Å². The smallest absolute Gasteiger partial charge is 0.272 e. The van der Waals surface area contributed by atoms with Crippen molar-refractivity contribution in [1.82, 2.24) is 9.66 Å². The van der Waals surface area contributed by atoms with Crippen LogP contribution in [0.1, 0.15) is 43.6 Å². The first-order valence-corrected chi connectivity index (χ1v) is 8.83. The Balaban J connectivity index is 1.78. The molecule has 5 nitrogen and oxygen atoms in total. The first-order valence-electron chi connectivity index (χ1n) is 8.83. The molecule has 1 heterocycles. The Bertz CT molecular complexity index is 1080. The van der Waals surface area contributed by atoms with Gasteiger partial charge >= 0.3 is 0 Å². The van der Waals surface area contributed by atoms with Gasteiger partial charge < -0.3 is 0 Å². The maximum absolute atomic E-state index is 13.0. The topological polar surface area (TPSA) is 64.0 Å². The average Bonchev–Trinajstić information content (AvgIpc) is 2.62. The fraction of sp³-hybridized carbons (Fsp3) is 0.286. The molecule has 1 aliphatic rings. The summed E-state index contributed by atoms with van der Waals surface area (Å²) in [6.07, 6.45) is 0.668. The van der Waals surface area contributed by atoms with E-state index in [2.05, 4.69) is 10.4 Å². The van der Waals surface area contributed by atoms with Crippen LogP contribution in [0.5, 0.6) is 0 Å². The van der Waals surface area contributed by atoms with Gasteiger partial charge in [0.15, 0.2) is 0 Å². The number of nitrogens with zero attached hydrogens (tertiary/aromatic N) is 2. The van der Waals surface area contributed by atoms with E-state index in [0.29, 0.717) is 23.1 Å². The predicted octanol–water partition coefficient (Wildman–Crippen LogP) is 3.10. The Morgan fingerprint density at radius 1 is 1.15 bits per heavy atom. The van der Waals surface area contributed by atoms with Crippen LogP contribution in [0.3, 0.4) is 0 Å². The van der Waals surface area contributed by atoms with Crippen LogP contribution < -0.4 is 11.0 Å². The molecule has 26 heavy (non-hydrogen) atoms. The zero-order chi connectivity index (χ0) is 18.5. The van der Waals surface area contributed by atoms with Crippen LogP contribution >= 0.6 is 0 Å². The molecule has 0 saturated heterocycles. The van der Waals surface area contributed by atoms with Crippen LogP contribution in [0.4, 0.5) is 0 Å². The third-order valence-electron chi connectivity index (χ3n) is 5.19.